The molecule has 4 rings (SSSR count). The van der Waals surface area contributed by atoms with Crippen molar-refractivity contribution in [2.24, 2.45) is 10.2 Å². The van der Waals surface area contributed by atoms with Gasteiger partial charge in [-0.2, -0.15) is 5.10 Å². The quantitative estimate of drug-likeness (QED) is 0.693. The smallest absolute Gasteiger partial charge is 0.238 e. The number of primary sulfonamides is 1. The van der Waals surface area contributed by atoms with Gasteiger partial charge in [-0.3, -0.25) is 5.01 Å². The first kappa shape index (κ1) is 18.7. The highest BCUT2D eigenvalue weighted by Crippen LogP contribution is 2.37. The first-order valence-corrected chi connectivity index (χ1v) is 10.6. The van der Waals surface area contributed by atoms with Crippen LogP contribution in [0.1, 0.15) is 23.6 Å². The fraction of sp³-hybridized carbons (Fsp3) is 0.0952. The Hall–Kier alpha value is -2.67. The summed E-state index contributed by atoms with van der Waals surface area (Å²) in [5.41, 5.74) is 3.88. The van der Waals surface area contributed by atoms with Gasteiger partial charge >= 0.3 is 0 Å². The molecule has 5 nitrogen and oxygen atoms in total. The lowest BCUT2D eigenvalue weighted by Crippen LogP contribution is -2.19. The molecule has 0 aromatic heterocycles. The Morgan fingerprint density at radius 3 is 2.18 bits per heavy atom. The van der Waals surface area contributed by atoms with Gasteiger partial charge in [0, 0.05) is 11.4 Å². The van der Waals surface area contributed by atoms with Crippen molar-refractivity contribution in [3.05, 3.63) is 95.0 Å². The van der Waals surface area contributed by atoms with Gasteiger partial charge in [-0.25, -0.2) is 13.6 Å². The Bertz CT molecular complexity index is 1110. The molecule has 3 aromatic carbocycles. The maximum Gasteiger partial charge on any atom is 0.238 e. The van der Waals surface area contributed by atoms with Crippen LogP contribution in [0.25, 0.3) is 0 Å². The summed E-state index contributed by atoms with van der Waals surface area (Å²) in [4.78, 5) is 0.0774. The van der Waals surface area contributed by atoms with Crippen LogP contribution in [0.4, 0.5) is 5.69 Å². The summed E-state index contributed by atoms with van der Waals surface area (Å²) in [6.45, 7) is 0. The number of nitrogens with zero attached hydrogens (tertiary/aromatic N) is 2. The molecule has 1 aliphatic rings. The van der Waals surface area contributed by atoms with E-state index in [2.05, 4.69) is 12.1 Å². The van der Waals surface area contributed by atoms with E-state index in [0.717, 1.165) is 28.9 Å². The number of rotatable bonds is 4. The molecule has 0 aliphatic carbocycles. The van der Waals surface area contributed by atoms with E-state index in [9.17, 15) is 8.42 Å². The van der Waals surface area contributed by atoms with E-state index in [-0.39, 0.29) is 10.9 Å². The third-order valence-corrected chi connectivity index (χ3v) is 5.88. The van der Waals surface area contributed by atoms with Gasteiger partial charge in [0.05, 0.1) is 22.3 Å². The maximum absolute atomic E-state index is 11.5. The largest absolute Gasteiger partial charge is 0.257 e. The molecule has 2 N–H and O–H groups in total. The zero-order chi connectivity index (χ0) is 19.7. The fourth-order valence-electron chi connectivity index (χ4n) is 3.29. The highest BCUT2D eigenvalue weighted by Gasteiger charge is 2.30. The third-order valence-electron chi connectivity index (χ3n) is 4.70. The van der Waals surface area contributed by atoms with Gasteiger partial charge in [-0.15, -0.1) is 0 Å². The zero-order valence-electron chi connectivity index (χ0n) is 14.9. The van der Waals surface area contributed by atoms with Crippen LogP contribution in [-0.4, -0.2) is 14.1 Å². The van der Waals surface area contributed by atoms with Crippen LogP contribution < -0.4 is 10.1 Å². The van der Waals surface area contributed by atoms with Crippen molar-refractivity contribution < 1.29 is 8.42 Å². The molecule has 0 saturated carbocycles. The molecular weight excluding hydrogens is 394 g/mol. The number of sulfonamides is 1. The predicted octanol–water partition coefficient (Wildman–Crippen LogP) is 4.34. The minimum atomic E-state index is -3.73. The monoisotopic (exact) mass is 411 g/mol. The molecule has 1 heterocycles. The SMILES string of the molecule is NS(=O)(=O)c1ccc(N2N=C(c3ccc(Cl)cc3)C[C@H]2c2ccccc2)cc1. The summed E-state index contributed by atoms with van der Waals surface area (Å²) in [6, 6.07) is 24.2. The van der Waals surface area contributed by atoms with E-state index in [1.165, 1.54) is 12.1 Å². The molecule has 0 fully saturated rings. The van der Waals surface area contributed by atoms with Crippen molar-refractivity contribution in [2.45, 2.75) is 17.4 Å². The topological polar surface area (TPSA) is 75.8 Å². The van der Waals surface area contributed by atoms with E-state index in [1.807, 2.05) is 47.5 Å². The van der Waals surface area contributed by atoms with Crippen molar-refractivity contribution in [1.82, 2.24) is 0 Å². The number of benzene rings is 3. The number of hydrogen-bond acceptors (Lipinski definition) is 4. The van der Waals surface area contributed by atoms with Gasteiger partial charge in [0.2, 0.25) is 10.0 Å². The molecule has 28 heavy (non-hydrogen) atoms. The standard InChI is InChI=1S/C21H18ClN3O2S/c22-17-8-6-15(7-9-17)20-14-21(16-4-2-1-3-5-16)25(24-20)18-10-12-19(13-11-18)28(23,26)27/h1-13,21H,14H2,(H2,23,26,27)/t21-/m0/s1. The van der Waals surface area contributed by atoms with Crippen molar-refractivity contribution in [1.29, 1.82) is 0 Å². The Labute approximate surface area is 169 Å². The summed E-state index contributed by atoms with van der Waals surface area (Å²) >= 11 is 6.01. The van der Waals surface area contributed by atoms with Gasteiger partial charge in [0.1, 0.15) is 0 Å². The lowest BCUT2D eigenvalue weighted by Gasteiger charge is -2.24. The molecule has 142 valence electrons. The van der Waals surface area contributed by atoms with Crippen molar-refractivity contribution in [3.63, 3.8) is 0 Å². The van der Waals surface area contributed by atoms with Crippen LogP contribution in [0.2, 0.25) is 5.02 Å². The van der Waals surface area contributed by atoms with Gasteiger partial charge in [0.15, 0.2) is 0 Å². The second-order valence-electron chi connectivity index (χ2n) is 6.57. The normalized spacial score (nSPS) is 16.9. The summed E-state index contributed by atoms with van der Waals surface area (Å²) in [7, 11) is -3.73. The minimum Gasteiger partial charge on any atom is -0.257 e. The van der Waals surface area contributed by atoms with Crippen molar-refractivity contribution in [2.75, 3.05) is 5.01 Å². The summed E-state index contributed by atoms with van der Waals surface area (Å²) < 4.78 is 23.1. The van der Waals surface area contributed by atoms with Crippen LogP contribution in [0.3, 0.4) is 0 Å². The first-order chi connectivity index (χ1) is 13.4. The average molecular weight is 412 g/mol. The van der Waals surface area contributed by atoms with E-state index in [4.69, 9.17) is 21.8 Å². The molecule has 0 radical (unpaired) electrons. The summed E-state index contributed by atoms with van der Waals surface area (Å²) in [5.74, 6) is 0. The van der Waals surface area contributed by atoms with Crippen LogP contribution in [0.15, 0.2) is 88.9 Å². The number of hydrazone groups is 1. The van der Waals surface area contributed by atoms with E-state index < -0.39 is 10.0 Å². The number of halogens is 1. The molecule has 0 unspecified atom stereocenters. The van der Waals surface area contributed by atoms with Crippen molar-refractivity contribution >= 4 is 33.0 Å². The van der Waals surface area contributed by atoms with Gasteiger partial charge in [0.25, 0.3) is 0 Å². The number of hydrogen-bond donors (Lipinski definition) is 1. The average Bonchev–Trinajstić information content (AvgIpc) is 3.14. The Balaban J connectivity index is 1.74. The molecule has 0 amide bonds. The van der Waals surface area contributed by atoms with Crippen LogP contribution in [0.5, 0.6) is 0 Å². The van der Waals surface area contributed by atoms with Crippen molar-refractivity contribution in [3.8, 4) is 0 Å². The van der Waals surface area contributed by atoms with Gasteiger partial charge < -0.3 is 0 Å². The summed E-state index contributed by atoms with van der Waals surface area (Å²) in [6.07, 6.45) is 0.725. The van der Waals surface area contributed by atoms with Gasteiger partial charge in [-0.05, 0) is 47.5 Å². The first-order valence-electron chi connectivity index (χ1n) is 8.72. The van der Waals surface area contributed by atoms with Crippen LogP contribution in [-0.2, 0) is 10.0 Å². The number of anilines is 1. The highest BCUT2D eigenvalue weighted by molar-refractivity contribution is 7.89. The predicted molar refractivity (Wildman–Crippen MR) is 112 cm³/mol. The van der Waals surface area contributed by atoms with Crippen LogP contribution in [0, 0.1) is 0 Å². The van der Waals surface area contributed by atoms with Crippen LogP contribution >= 0.6 is 11.6 Å². The Morgan fingerprint density at radius 2 is 1.57 bits per heavy atom. The number of nitrogens with two attached hydrogens (primary N) is 1. The van der Waals surface area contributed by atoms with Gasteiger partial charge in [-0.1, -0.05) is 54.1 Å². The highest BCUT2D eigenvalue weighted by atomic mass is 35.5. The van der Waals surface area contributed by atoms with E-state index in [1.54, 1.807) is 12.1 Å². The molecule has 0 bridgehead atoms. The molecule has 7 heteroatoms. The lowest BCUT2D eigenvalue weighted by atomic mass is 9.98. The molecule has 1 atom stereocenters. The maximum atomic E-state index is 11.5. The Morgan fingerprint density at radius 1 is 0.929 bits per heavy atom. The molecule has 3 aromatic rings. The molecule has 1 aliphatic heterocycles. The fourth-order valence-corrected chi connectivity index (χ4v) is 3.93. The lowest BCUT2D eigenvalue weighted by molar-refractivity contribution is 0.597. The second kappa shape index (κ2) is 7.39. The molecule has 0 spiro atoms. The Kier molecular flexibility index (Phi) is 4.93. The zero-order valence-corrected chi connectivity index (χ0v) is 16.4. The molecular formula is C21H18ClN3O2S. The van der Waals surface area contributed by atoms with E-state index in [0.29, 0.717) is 5.02 Å². The molecule has 0 saturated heterocycles. The second-order valence-corrected chi connectivity index (χ2v) is 8.57. The minimum absolute atomic E-state index is 0.00668. The van der Waals surface area contributed by atoms with E-state index >= 15 is 0 Å². The third kappa shape index (κ3) is 3.80. The summed E-state index contributed by atoms with van der Waals surface area (Å²) in [5, 5.41) is 12.6.